The zero-order valence-electron chi connectivity index (χ0n) is 16.1. The number of aliphatic hydroxyl groups is 2. The van der Waals surface area contributed by atoms with E-state index < -0.39 is 36.6 Å². The maximum Gasteiger partial charge on any atom is 0.320 e. The van der Waals surface area contributed by atoms with Gasteiger partial charge < -0.3 is 36.4 Å². The molecule has 12 heteroatoms. The van der Waals surface area contributed by atoms with E-state index in [4.69, 9.17) is 21.3 Å². The molecule has 0 bridgehead atoms. The van der Waals surface area contributed by atoms with E-state index in [0.29, 0.717) is 30.8 Å². The highest BCUT2D eigenvalue weighted by molar-refractivity contribution is 5.81. The number of imidazole rings is 1. The number of rotatable bonds is 9. The van der Waals surface area contributed by atoms with E-state index >= 15 is 0 Å². The number of nitrogen functional groups attached to an aromatic ring is 1. The number of carboxylic acid groups (broad SMARTS) is 1. The third-order valence-corrected chi connectivity index (χ3v) is 5.05. The van der Waals surface area contributed by atoms with E-state index in [-0.39, 0.29) is 12.2 Å². The summed E-state index contributed by atoms with van der Waals surface area (Å²) in [5, 5.41) is 30.0. The minimum Gasteiger partial charge on any atom is -0.480 e. The van der Waals surface area contributed by atoms with Crippen molar-refractivity contribution in [3.63, 3.8) is 0 Å². The summed E-state index contributed by atoms with van der Waals surface area (Å²) < 4.78 is 7.46. The molecule has 2 aromatic rings. The Balaban J connectivity index is 1.72. The Morgan fingerprint density at radius 1 is 1.31 bits per heavy atom. The lowest BCUT2D eigenvalue weighted by molar-refractivity contribution is -0.138. The summed E-state index contributed by atoms with van der Waals surface area (Å²) in [6.45, 7) is 3.43. The van der Waals surface area contributed by atoms with Crippen LogP contribution in [0.4, 0.5) is 5.82 Å². The van der Waals surface area contributed by atoms with Crippen LogP contribution in [0.25, 0.3) is 11.2 Å². The normalized spacial score (nSPS) is 25.7. The topological polar surface area (TPSA) is 186 Å². The predicted octanol–water partition coefficient (Wildman–Crippen LogP) is -1.46. The van der Waals surface area contributed by atoms with Crippen molar-refractivity contribution in [3.05, 3.63) is 12.7 Å². The van der Waals surface area contributed by atoms with Crippen LogP contribution in [0.3, 0.4) is 0 Å². The largest absolute Gasteiger partial charge is 0.480 e. The lowest BCUT2D eigenvalue weighted by atomic mass is 10.1. The van der Waals surface area contributed by atoms with Gasteiger partial charge in [0.25, 0.3) is 0 Å². The molecule has 0 aliphatic carbocycles. The van der Waals surface area contributed by atoms with Crippen molar-refractivity contribution in [2.75, 3.05) is 25.4 Å². The number of hydrogen-bond acceptors (Lipinski definition) is 10. The summed E-state index contributed by atoms with van der Waals surface area (Å²) in [5.74, 6) is -0.843. The molecule has 7 N–H and O–H groups in total. The summed E-state index contributed by atoms with van der Waals surface area (Å²) in [7, 11) is 0. The van der Waals surface area contributed by atoms with Gasteiger partial charge in [0.1, 0.15) is 36.2 Å². The van der Waals surface area contributed by atoms with Gasteiger partial charge in [0.2, 0.25) is 0 Å². The monoisotopic (exact) mass is 409 g/mol. The molecule has 1 aliphatic rings. The zero-order valence-corrected chi connectivity index (χ0v) is 16.1. The molecule has 0 spiro atoms. The first-order valence-electron chi connectivity index (χ1n) is 9.48. The molecule has 160 valence electrons. The molecule has 1 saturated heterocycles. The molecule has 1 aliphatic heterocycles. The lowest BCUT2D eigenvalue weighted by Crippen LogP contribution is -2.42. The first-order valence-corrected chi connectivity index (χ1v) is 9.48. The van der Waals surface area contributed by atoms with Gasteiger partial charge in [0.05, 0.1) is 6.33 Å². The van der Waals surface area contributed by atoms with E-state index in [2.05, 4.69) is 15.0 Å². The van der Waals surface area contributed by atoms with Gasteiger partial charge in [0.15, 0.2) is 17.7 Å². The molecular weight excluding hydrogens is 382 g/mol. The fraction of sp³-hybridized carbons (Fsp3) is 0.647. The highest BCUT2D eigenvalue weighted by Crippen LogP contribution is 2.32. The minimum absolute atomic E-state index is 0.210. The Labute approximate surface area is 167 Å². The number of nitrogens with two attached hydrogens (primary N) is 2. The second-order valence-corrected chi connectivity index (χ2v) is 7.16. The van der Waals surface area contributed by atoms with Crippen molar-refractivity contribution in [1.29, 1.82) is 0 Å². The Morgan fingerprint density at radius 3 is 2.76 bits per heavy atom. The average molecular weight is 409 g/mol. The van der Waals surface area contributed by atoms with E-state index in [9.17, 15) is 15.0 Å². The zero-order chi connectivity index (χ0) is 21.1. The van der Waals surface area contributed by atoms with Crippen molar-refractivity contribution in [1.82, 2.24) is 24.4 Å². The van der Waals surface area contributed by atoms with Crippen molar-refractivity contribution in [3.8, 4) is 0 Å². The van der Waals surface area contributed by atoms with E-state index in [1.165, 1.54) is 17.2 Å². The molecule has 2 unspecified atom stereocenters. The van der Waals surface area contributed by atoms with Crippen molar-refractivity contribution in [2.45, 2.75) is 50.3 Å². The number of aromatic nitrogens is 4. The molecule has 12 nitrogen and oxygen atoms in total. The quantitative estimate of drug-likeness (QED) is 0.326. The smallest absolute Gasteiger partial charge is 0.320 e. The first kappa shape index (κ1) is 21.3. The molecule has 2 aromatic heterocycles. The number of aliphatic carboxylic acids is 1. The molecule has 0 radical (unpaired) electrons. The molecule has 0 saturated carbocycles. The number of carbonyl (C=O) groups is 1. The number of ether oxygens (including phenoxy) is 1. The molecule has 0 amide bonds. The molecular formula is C17H27N7O5. The third-order valence-electron chi connectivity index (χ3n) is 5.05. The summed E-state index contributed by atoms with van der Waals surface area (Å²) in [5.41, 5.74) is 12.2. The van der Waals surface area contributed by atoms with E-state index in [1.54, 1.807) is 0 Å². The standard InChI is InChI=1S/C17H27N7O5/c1-2-4-23(5-3-9(18)17(27)28)6-10-12(25)13(26)16(29-10)24-8-22-11-14(19)20-7-21-15(11)24/h7-10,12-13,16,25-26H,2-6,18H2,1H3,(H,27,28)(H2,19,20,21)/t9?,10-,12?,13+,16-/m1/s1. The fourth-order valence-electron chi connectivity index (χ4n) is 3.48. The number of anilines is 1. The summed E-state index contributed by atoms with van der Waals surface area (Å²) in [6.07, 6.45) is -0.0686. The summed E-state index contributed by atoms with van der Waals surface area (Å²) in [4.78, 5) is 25.1. The molecule has 0 aromatic carbocycles. The first-order chi connectivity index (χ1) is 13.8. The van der Waals surface area contributed by atoms with E-state index in [0.717, 1.165) is 6.42 Å². The maximum atomic E-state index is 10.9. The van der Waals surface area contributed by atoms with Crippen LogP contribution in [0.5, 0.6) is 0 Å². The minimum atomic E-state index is -1.20. The van der Waals surface area contributed by atoms with Gasteiger partial charge in [0, 0.05) is 13.1 Å². The fourth-order valence-corrected chi connectivity index (χ4v) is 3.48. The Kier molecular flexibility index (Phi) is 6.59. The van der Waals surface area contributed by atoms with Gasteiger partial charge in [-0.1, -0.05) is 6.92 Å². The number of fused-ring (bicyclic) bond motifs is 1. The molecule has 5 atom stereocenters. The molecule has 3 rings (SSSR count). The number of hydrogen-bond donors (Lipinski definition) is 5. The molecule has 1 fully saturated rings. The summed E-state index contributed by atoms with van der Waals surface area (Å²) >= 11 is 0. The second kappa shape index (κ2) is 8.97. The van der Waals surface area contributed by atoms with Crippen molar-refractivity contribution in [2.24, 2.45) is 5.73 Å². The Morgan fingerprint density at radius 2 is 2.07 bits per heavy atom. The van der Waals surface area contributed by atoms with Gasteiger partial charge in [-0.2, -0.15) is 0 Å². The van der Waals surface area contributed by atoms with Crippen LogP contribution < -0.4 is 11.5 Å². The van der Waals surface area contributed by atoms with Gasteiger partial charge in [-0.25, -0.2) is 15.0 Å². The number of nitrogens with zero attached hydrogens (tertiary/aromatic N) is 5. The van der Waals surface area contributed by atoms with Crippen LogP contribution in [0.15, 0.2) is 12.7 Å². The highest BCUT2D eigenvalue weighted by atomic mass is 16.6. The van der Waals surface area contributed by atoms with Crippen molar-refractivity contribution >= 4 is 23.0 Å². The van der Waals surface area contributed by atoms with Crippen molar-refractivity contribution < 1.29 is 24.9 Å². The van der Waals surface area contributed by atoms with E-state index in [1.807, 2.05) is 11.8 Å². The number of carboxylic acids is 1. The molecule has 3 heterocycles. The summed E-state index contributed by atoms with van der Waals surface area (Å²) in [6, 6.07) is -0.954. The van der Waals surface area contributed by atoms with Crippen LogP contribution in [-0.4, -0.2) is 89.7 Å². The van der Waals surface area contributed by atoms with Gasteiger partial charge in [-0.05, 0) is 19.4 Å². The van der Waals surface area contributed by atoms with Crippen LogP contribution >= 0.6 is 0 Å². The maximum absolute atomic E-state index is 10.9. The SMILES string of the molecule is CCCN(CCC(N)C(=O)O)C[C@H]1O[C@@H](n2cnc3c(N)ncnc32)[C@@H](O)C1O. The van der Waals surface area contributed by atoms with Crippen LogP contribution in [0, 0.1) is 0 Å². The van der Waals surface area contributed by atoms with Gasteiger partial charge in [-0.3, -0.25) is 9.36 Å². The Bertz CT molecular complexity index is 847. The Hall–Kier alpha value is -2.38. The molecule has 29 heavy (non-hydrogen) atoms. The number of aliphatic hydroxyl groups excluding tert-OH is 2. The third kappa shape index (κ3) is 4.46. The van der Waals surface area contributed by atoms with Crippen LogP contribution in [-0.2, 0) is 9.53 Å². The lowest BCUT2D eigenvalue weighted by Gasteiger charge is -2.26. The average Bonchev–Trinajstić information content (AvgIpc) is 3.23. The van der Waals surface area contributed by atoms with Gasteiger partial charge in [-0.15, -0.1) is 0 Å². The second-order valence-electron chi connectivity index (χ2n) is 7.16. The van der Waals surface area contributed by atoms with Crippen LogP contribution in [0.1, 0.15) is 26.0 Å². The van der Waals surface area contributed by atoms with Crippen LogP contribution in [0.2, 0.25) is 0 Å². The predicted molar refractivity (Wildman–Crippen MR) is 103 cm³/mol. The highest BCUT2D eigenvalue weighted by Gasteiger charge is 2.44. The van der Waals surface area contributed by atoms with Gasteiger partial charge >= 0.3 is 5.97 Å².